The summed E-state index contributed by atoms with van der Waals surface area (Å²) in [5.41, 5.74) is 1.66. The molecular formula is C23H24N2O5. The first kappa shape index (κ1) is 18.8. The van der Waals surface area contributed by atoms with E-state index in [4.69, 9.17) is 14.2 Å². The van der Waals surface area contributed by atoms with Crippen LogP contribution in [0, 0.1) is 5.92 Å². The first-order chi connectivity index (χ1) is 14.7. The zero-order valence-electron chi connectivity index (χ0n) is 16.7. The van der Waals surface area contributed by atoms with Gasteiger partial charge in [-0.05, 0) is 42.7 Å². The maximum atomic E-state index is 13.1. The Hall–Kier alpha value is -3.22. The molecule has 0 bridgehead atoms. The number of hydrogen-bond donors (Lipinski definition) is 0. The van der Waals surface area contributed by atoms with Crippen molar-refractivity contribution in [1.82, 2.24) is 9.80 Å². The molecule has 0 radical (unpaired) electrons. The smallest absolute Gasteiger partial charge is 0.254 e. The minimum atomic E-state index is -0.170. The normalized spacial score (nSPS) is 20.2. The number of nitrogens with zero attached hydrogens (tertiary/aromatic N) is 2. The van der Waals surface area contributed by atoms with Crippen LogP contribution in [0.1, 0.15) is 22.3 Å². The van der Waals surface area contributed by atoms with Gasteiger partial charge in [0.25, 0.3) is 5.91 Å². The topological polar surface area (TPSA) is 68.3 Å². The number of carbonyl (C=O) groups excluding carboxylic acids is 2. The Morgan fingerprint density at radius 3 is 2.57 bits per heavy atom. The summed E-state index contributed by atoms with van der Waals surface area (Å²) in [5.74, 6) is 2.04. The summed E-state index contributed by atoms with van der Waals surface area (Å²) in [6, 6.07) is 13.1. The largest absolute Gasteiger partial charge is 0.492 e. The molecule has 0 spiro atoms. The molecule has 1 saturated heterocycles. The zero-order chi connectivity index (χ0) is 20.5. The van der Waals surface area contributed by atoms with Gasteiger partial charge in [0.15, 0.2) is 11.5 Å². The van der Waals surface area contributed by atoms with Crippen molar-refractivity contribution in [3.63, 3.8) is 0 Å². The Balaban J connectivity index is 1.22. The van der Waals surface area contributed by atoms with E-state index in [1.54, 1.807) is 18.2 Å². The van der Waals surface area contributed by atoms with Gasteiger partial charge in [0, 0.05) is 31.7 Å². The highest BCUT2D eigenvalue weighted by Gasteiger charge is 2.31. The molecule has 2 aromatic rings. The molecule has 0 N–H and O–H groups in total. The number of fused-ring (bicyclic) bond motifs is 2. The Morgan fingerprint density at radius 2 is 1.63 bits per heavy atom. The predicted octanol–water partition coefficient (Wildman–Crippen LogP) is 2.34. The van der Waals surface area contributed by atoms with Crippen molar-refractivity contribution in [3.8, 4) is 17.2 Å². The predicted molar refractivity (Wildman–Crippen MR) is 109 cm³/mol. The lowest BCUT2D eigenvalue weighted by Crippen LogP contribution is -2.43. The van der Waals surface area contributed by atoms with Gasteiger partial charge >= 0.3 is 0 Å². The van der Waals surface area contributed by atoms with Crippen LogP contribution in [0.3, 0.4) is 0 Å². The number of amides is 2. The fraction of sp³-hybridized carbons (Fsp3) is 0.391. The summed E-state index contributed by atoms with van der Waals surface area (Å²) in [6.45, 7) is 2.93. The Kier molecular flexibility index (Phi) is 4.94. The van der Waals surface area contributed by atoms with Crippen LogP contribution >= 0.6 is 0 Å². The van der Waals surface area contributed by atoms with Crippen molar-refractivity contribution in [2.45, 2.75) is 12.8 Å². The molecule has 2 aromatic carbocycles. The van der Waals surface area contributed by atoms with E-state index in [0.29, 0.717) is 56.3 Å². The monoisotopic (exact) mass is 408 g/mol. The van der Waals surface area contributed by atoms with Crippen LogP contribution in [0.2, 0.25) is 0 Å². The first-order valence-electron chi connectivity index (χ1n) is 10.4. The molecule has 0 aliphatic carbocycles. The fourth-order valence-corrected chi connectivity index (χ4v) is 4.30. The van der Waals surface area contributed by atoms with Crippen molar-refractivity contribution in [2.75, 3.05) is 39.6 Å². The highest BCUT2D eigenvalue weighted by Crippen LogP contribution is 2.33. The number of hydrogen-bond acceptors (Lipinski definition) is 5. The van der Waals surface area contributed by atoms with E-state index in [9.17, 15) is 9.59 Å². The summed E-state index contributed by atoms with van der Waals surface area (Å²) >= 11 is 0. The van der Waals surface area contributed by atoms with Crippen LogP contribution in [-0.2, 0) is 11.2 Å². The van der Waals surface area contributed by atoms with Crippen molar-refractivity contribution < 1.29 is 23.8 Å². The third-order valence-corrected chi connectivity index (χ3v) is 5.94. The maximum Gasteiger partial charge on any atom is 0.254 e. The number of ether oxygens (including phenoxy) is 3. The zero-order valence-corrected chi connectivity index (χ0v) is 16.7. The molecule has 3 heterocycles. The quantitative estimate of drug-likeness (QED) is 0.763. The lowest BCUT2D eigenvalue weighted by molar-refractivity contribution is -0.136. The van der Waals surface area contributed by atoms with Gasteiger partial charge in [-0.3, -0.25) is 9.59 Å². The fourth-order valence-electron chi connectivity index (χ4n) is 4.30. The van der Waals surface area contributed by atoms with Gasteiger partial charge in [-0.25, -0.2) is 0 Å². The number of para-hydroxylation sites is 1. The van der Waals surface area contributed by atoms with Gasteiger partial charge in [0.2, 0.25) is 12.7 Å². The molecule has 3 aliphatic rings. The molecule has 3 aliphatic heterocycles. The van der Waals surface area contributed by atoms with Gasteiger partial charge in [-0.1, -0.05) is 18.2 Å². The standard InChI is InChI=1S/C23H24N2O5/c26-22(17-6-7-20-21(13-17)30-15-29-20)24-8-3-9-25(11-10-24)23(27)18-12-16-4-1-2-5-19(16)28-14-18/h1-2,4-7,13,18H,3,8-12,14-15H2. The van der Waals surface area contributed by atoms with Crippen LogP contribution in [0.25, 0.3) is 0 Å². The van der Waals surface area contributed by atoms with E-state index >= 15 is 0 Å². The minimum absolute atomic E-state index is 0.0440. The highest BCUT2D eigenvalue weighted by molar-refractivity contribution is 5.95. The summed E-state index contributed by atoms with van der Waals surface area (Å²) < 4.78 is 16.5. The molecule has 1 unspecified atom stereocenters. The average Bonchev–Trinajstić information content (AvgIpc) is 3.12. The molecule has 7 nitrogen and oxygen atoms in total. The van der Waals surface area contributed by atoms with Crippen molar-refractivity contribution in [1.29, 1.82) is 0 Å². The molecule has 30 heavy (non-hydrogen) atoms. The second kappa shape index (κ2) is 7.89. The number of benzene rings is 2. The first-order valence-corrected chi connectivity index (χ1v) is 10.4. The van der Waals surface area contributed by atoms with Crippen LogP contribution in [0.15, 0.2) is 42.5 Å². The molecule has 1 fully saturated rings. The Labute approximate surface area is 175 Å². The van der Waals surface area contributed by atoms with Crippen molar-refractivity contribution in [3.05, 3.63) is 53.6 Å². The highest BCUT2D eigenvalue weighted by atomic mass is 16.7. The van der Waals surface area contributed by atoms with Crippen LogP contribution in [0.5, 0.6) is 17.2 Å². The van der Waals surface area contributed by atoms with Gasteiger partial charge in [0.05, 0.1) is 5.92 Å². The molecule has 1 atom stereocenters. The summed E-state index contributed by atoms with van der Waals surface area (Å²) in [6.07, 6.45) is 1.46. The van der Waals surface area contributed by atoms with Gasteiger partial charge in [-0.2, -0.15) is 0 Å². The van der Waals surface area contributed by atoms with E-state index in [-0.39, 0.29) is 24.5 Å². The number of rotatable bonds is 2. The van der Waals surface area contributed by atoms with Crippen molar-refractivity contribution >= 4 is 11.8 Å². The molecule has 5 rings (SSSR count). The third-order valence-electron chi connectivity index (χ3n) is 5.94. The second-order valence-corrected chi connectivity index (χ2v) is 7.86. The second-order valence-electron chi connectivity index (χ2n) is 7.86. The van der Waals surface area contributed by atoms with Gasteiger partial charge in [0.1, 0.15) is 12.4 Å². The Morgan fingerprint density at radius 1 is 0.833 bits per heavy atom. The third kappa shape index (κ3) is 3.56. The van der Waals surface area contributed by atoms with Gasteiger partial charge < -0.3 is 24.0 Å². The Bertz CT molecular complexity index is 976. The molecule has 156 valence electrons. The molecule has 7 heteroatoms. The SMILES string of the molecule is O=C(c1ccc2c(c1)OCO2)N1CCCN(C(=O)C2COc3ccccc3C2)CC1. The minimum Gasteiger partial charge on any atom is -0.492 e. The van der Waals surface area contributed by atoms with E-state index < -0.39 is 0 Å². The lowest BCUT2D eigenvalue weighted by Gasteiger charge is -2.29. The van der Waals surface area contributed by atoms with E-state index in [1.807, 2.05) is 34.1 Å². The number of carbonyl (C=O) groups is 2. The molecule has 2 amide bonds. The maximum absolute atomic E-state index is 13.1. The summed E-state index contributed by atoms with van der Waals surface area (Å²) in [4.78, 5) is 29.8. The molecule has 0 aromatic heterocycles. The average molecular weight is 408 g/mol. The van der Waals surface area contributed by atoms with Crippen LogP contribution < -0.4 is 14.2 Å². The molecule has 0 saturated carbocycles. The van der Waals surface area contributed by atoms with Crippen molar-refractivity contribution in [2.24, 2.45) is 5.92 Å². The summed E-state index contributed by atoms with van der Waals surface area (Å²) in [7, 11) is 0. The molecular weight excluding hydrogens is 384 g/mol. The van der Waals surface area contributed by atoms with Gasteiger partial charge in [-0.15, -0.1) is 0 Å². The van der Waals surface area contributed by atoms with Crippen LogP contribution in [-0.4, -0.2) is 61.2 Å². The summed E-state index contributed by atoms with van der Waals surface area (Å²) in [5, 5.41) is 0. The van der Waals surface area contributed by atoms with Crippen LogP contribution in [0.4, 0.5) is 0 Å². The van der Waals surface area contributed by atoms with E-state index in [1.165, 1.54) is 0 Å². The van der Waals surface area contributed by atoms with E-state index in [0.717, 1.165) is 17.7 Å². The lowest BCUT2D eigenvalue weighted by atomic mass is 9.95. The van der Waals surface area contributed by atoms with E-state index in [2.05, 4.69) is 0 Å².